The van der Waals surface area contributed by atoms with Crippen molar-refractivity contribution >= 4 is 29.2 Å². The van der Waals surface area contributed by atoms with E-state index in [-0.39, 0.29) is 28.5 Å². The monoisotopic (exact) mass is 351 g/mol. The molecule has 1 N–H and O–H groups in total. The number of hydrogen-bond acceptors (Lipinski definition) is 4. The van der Waals surface area contributed by atoms with Gasteiger partial charge in [-0.3, -0.25) is 4.79 Å². The van der Waals surface area contributed by atoms with Crippen LogP contribution in [0.15, 0.2) is 36.4 Å². The third kappa shape index (κ3) is 4.02. The van der Waals surface area contributed by atoms with Gasteiger partial charge in [0.2, 0.25) is 0 Å². The Kier molecular flexibility index (Phi) is 5.76. The van der Waals surface area contributed by atoms with Gasteiger partial charge < -0.3 is 14.8 Å². The second-order valence-electron chi connectivity index (χ2n) is 4.72. The Morgan fingerprint density at radius 1 is 1.21 bits per heavy atom. The quantitative estimate of drug-likeness (QED) is 0.829. The number of rotatable bonds is 5. The van der Waals surface area contributed by atoms with Gasteiger partial charge >= 0.3 is 5.97 Å². The number of nitrogens with one attached hydrogen (secondary N) is 1. The molecule has 0 atom stereocenters. The van der Waals surface area contributed by atoms with Crippen LogP contribution in [0.5, 0.6) is 5.75 Å². The molecular weight excluding hydrogens is 337 g/mol. The minimum atomic E-state index is -0.638. The van der Waals surface area contributed by atoms with Crippen LogP contribution in [0.1, 0.15) is 27.6 Å². The van der Waals surface area contributed by atoms with Crippen LogP contribution in [0.25, 0.3) is 0 Å². The highest BCUT2D eigenvalue weighted by molar-refractivity contribution is 6.34. The van der Waals surface area contributed by atoms with E-state index >= 15 is 0 Å². The first-order valence-corrected chi connectivity index (χ1v) is 7.45. The molecule has 7 heteroatoms. The van der Waals surface area contributed by atoms with Gasteiger partial charge in [0.25, 0.3) is 5.91 Å². The average Bonchev–Trinajstić information content (AvgIpc) is 2.55. The van der Waals surface area contributed by atoms with E-state index < -0.39 is 17.7 Å². The molecule has 24 heavy (non-hydrogen) atoms. The first-order chi connectivity index (χ1) is 11.5. The van der Waals surface area contributed by atoms with E-state index in [0.29, 0.717) is 5.69 Å². The van der Waals surface area contributed by atoms with Crippen LogP contribution in [0.3, 0.4) is 0 Å². The van der Waals surface area contributed by atoms with Gasteiger partial charge in [-0.05, 0) is 43.3 Å². The SMILES string of the molecule is CCOC(=O)c1ccc(NC(=O)c2ccc(OC)c(F)c2)cc1Cl. The standard InChI is InChI=1S/C17H15ClFNO4/c1-3-24-17(22)12-6-5-11(9-13(12)18)20-16(21)10-4-7-15(23-2)14(19)8-10/h4-9H,3H2,1-2H3,(H,20,21). The maximum Gasteiger partial charge on any atom is 0.339 e. The minimum absolute atomic E-state index is 0.0494. The largest absolute Gasteiger partial charge is 0.494 e. The summed E-state index contributed by atoms with van der Waals surface area (Å²) < 4.78 is 23.3. The number of ether oxygens (including phenoxy) is 2. The first-order valence-electron chi connectivity index (χ1n) is 7.07. The van der Waals surface area contributed by atoms with E-state index in [2.05, 4.69) is 5.32 Å². The fourth-order valence-electron chi connectivity index (χ4n) is 1.98. The van der Waals surface area contributed by atoms with Crippen molar-refractivity contribution in [3.05, 3.63) is 58.4 Å². The zero-order valence-electron chi connectivity index (χ0n) is 13.1. The van der Waals surface area contributed by atoms with Gasteiger partial charge in [-0.15, -0.1) is 0 Å². The van der Waals surface area contributed by atoms with Crippen molar-refractivity contribution < 1.29 is 23.5 Å². The van der Waals surface area contributed by atoms with Gasteiger partial charge in [-0.1, -0.05) is 11.6 Å². The van der Waals surface area contributed by atoms with Crippen molar-refractivity contribution in [2.45, 2.75) is 6.92 Å². The molecule has 0 aliphatic carbocycles. The van der Waals surface area contributed by atoms with Gasteiger partial charge in [0.1, 0.15) is 0 Å². The van der Waals surface area contributed by atoms with Crippen LogP contribution < -0.4 is 10.1 Å². The molecule has 0 aliphatic heterocycles. The molecule has 1 amide bonds. The molecule has 0 aliphatic rings. The van der Waals surface area contributed by atoms with E-state index in [1.165, 1.54) is 37.4 Å². The third-order valence-corrected chi connectivity index (χ3v) is 3.45. The summed E-state index contributed by atoms with van der Waals surface area (Å²) in [5.41, 5.74) is 0.695. The third-order valence-electron chi connectivity index (χ3n) is 3.14. The molecule has 126 valence electrons. The summed E-state index contributed by atoms with van der Waals surface area (Å²) in [5, 5.41) is 2.72. The summed E-state index contributed by atoms with van der Waals surface area (Å²) in [6, 6.07) is 8.25. The number of halogens is 2. The maximum absolute atomic E-state index is 13.7. The molecule has 2 aromatic carbocycles. The van der Waals surface area contributed by atoms with Crippen LogP contribution in [0, 0.1) is 5.82 Å². The lowest BCUT2D eigenvalue weighted by atomic mass is 10.1. The molecule has 0 aromatic heterocycles. The van der Waals surface area contributed by atoms with Crippen LogP contribution in [-0.2, 0) is 4.74 Å². The summed E-state index contributed by atoms with van der Waals surface area (Å²) in [7, 11) is 1.34. The predicted molar refractivity (Wildman–Crippen MR) is 88.3 cm³/mol. The molecule has 0 spiro atoms. The lowest BCUT2D eigenvalue weighted by Gasteiger charge is -2.09. The van der Waals surface area contributed by atoms with Crippen molar-refractivity contribution in [2.75, 3.05) is 19.0 Å². The fourth-order valence-corrected chi connectivity index (χ4v) is 2.24. The number of amides is 1. The first kappa shape index (κ1) is 17.7. The Morgan fingerprint density at radius 3 is 2.54 bits per heavy atom. The van der Waals surface area contributed by atoms with Gasteiger partial charge in [-0.2, -0.15) is 0 Å². The Morgan fingerprint density at radius 2 is 1.96 bits per heavy atom. The van der Waals surface area contributed by atoms with Crippen molar-refractivity contribution in [1.29, 1.82) is 0 Å². The lowest BCUT2D eigenvalue weighted by Crippen LogP contribution is -2.13. The van der Waals surface area contributed by atoms with E-state index in [1.807, 2.05) is 0 Å². The summed E-state index contributed by atoms with van der Waals surface area (Å²) in [4.78, 5) is 23.8. The minimum Gasteiger partial charge on any atom is -0.494 e. The van der Waals surface area contributed by atoms with Gasteiger partial charge in [0.15, 0.2) is 11.6 Å². The normalized spacial score (nSPS) is 10.2. The highest BCUT2D eigenvalue weighted by Crippen LogP contribution is 2.23. The summed E-state index contributed by atoms with van der Waals surface area (Å²) in [6.45, 7) is 1.92. The van der Waals surface area contributed by atoms with Gasteiger partial charge in [-0.25, -0.2) is 9.18 Å². The van der Waals surface area contributed by atoms with Crippen molar-refractivity contribution in [2.24, 2.45) is 0 Å². The second-order valence-corrected chi connectivity index (χ2v) is 5.13. The summed E-state index contributed by atoms with van der Waals surface area (Å²) in [6.07, 6.45) is 0. The number of anilines is 1. The lowest BCUT2D eigenvalue weighted by molar-refractivity contribution is 0.0526. The smallest absolute Gasteiger partial charge is 0.339 e. The second kappa shape index (κ2) is 7.79. The summed E-state index contributed by atoms with van der Waals surface area (Å²) in [5.74, 6) is -1.65. The molecule has 0 fully saturated rings. The highest BCUT2D eigenvalue weighted by Gasteiger charge is 2.14. The Balaban J connectivity index is 2.16. The number of hydrogen-bond donors (Lipinski definition) is 1. The Labute approximate surface area is 143 Å². The highest BCUT2D eigenvalue weighted by atomic mass is 35.5. The van der Waals surface area contributed by atoms with Crippen LogP contribution in [0.2, 0.25) is 5.02 Å². The molecule has 0 unspecified atom stereocenters. The molecule has 5 nitrogen and oxygen atoms in total. The molecule has 0 saturated heterocycles. The average molecular weight is 352 g/mol. The molecule has 2 rings (SSSR count). The number of methoxy groups -OCH3 is 1. The van der Waals surface area contributed by atoms with E-state index in [0.717, 1.165) is 6.07 Å². The van der Waals surface area contributed by atoms with Gasteiger partial charge in [0, 0.05) is 11.3 Å². The van der Waals surface area contributed by atoms with E-state index in [1.54, 1.807) is 6.92 Å². The molecular formula is C17H15ClFNO4. The molecule has 2 aromatic rings. The Hall–Kier alpha value is -2.60. The predicted octanol–water partition coefficient (Wildman–Crippen LogP) is 3.92. The Bertz CT molecular complexity index is 779. The number of benzene rings is 2. The molecule has 0 bridgehead atoms. The van der Waals surface area contributed by atoms with Gasteiger partial charge in [0.05, 0.1) is 24.3 Å². The van der Waals surface area contributed by atoms with Crippen molar-refractivity contribution in [3.63, 3.8) is 0 Å². The summed E-state index contributed by atoms with van der Waals surface area (Å²) >= 11 is 6.03. The van der Waals surface area contributed by atoms with E-state index in [4.69, 9.17) is 21.1 Å². The molecule has 0 saturated carbocycles. The van der Waals surface area contributed by atoms with Crippen molar-refractivity contribution in [3.8, 4) is 5.75 Å². The number of carbonyl (C=O) groups is 2. The molecule has 0 heterocycles. The topological polar surface area (TPSA) is 64.6 Å². The number of esters is 1. The van der Waals surface area contributed by atoms with Crippen LogP contribution in [-0.4, -0.2) is 25.6 Å². The zero-order valence-corrected chi connectivity index (χ0v) is 13.8. The zero-order chi connectivity index (χ0) is 17.7. The van der Waals surface area contributed by atoms with E-state index in [9.17, 15) is 14.0 Å². The number of carbonyl (C=O) groups excluding carboxylic acids is 2. The maximum atomic E-state index is 13.7. The fraction of sp³-hybridized carbons (Fsp3) is 0.176. The van der Waals surface area contributed by atoms with Crippen LogP contribution >= 0.6 is 11.6 Å². The van der Waals surface area contributed by atoms with Crippen molar-refractivity contribution in [1.82, 2.24) is 0 Å². The van der Waals surface area contributed by atoms with Crippen LogP contribution in [0.4, 0.5) is 10.1 Å². The molecule has 0 radical (unpaired) electrons.